The number of anilines is 1. The van der Waals surface area contributed by atoms with Gasteiger partial charge in [-0.25, -0.2) is 4.79 Å². The molecule has 2 aromatic rings. The van der Waals surface area contributed by atoms with Crippen molar-refractivity contribution in [2.75, 3.05) is 33.1 Å². The zero-order valence-electron chi connectivity index (χ0n) is 16.5. The Morgan fingerprint density at radius 3 is 2.33 bits per heavy atom. The zero-order valence-corrected chi connectivity index (χ0v) is 16.5. The van der Waals surface area contributed by atoms with Gasteiger partial charge in [0.2, 0.25) is 5.91 Å². The molecular weight excluding hydrogens is 344 g/mol. The van der Waals surface area contributed by atoms with Gasteiger partial charge in [-0.3, -0.25) is 9.69 Å². The molecule has 0 aliphatic heterocycles. The van der Waals surface area contributed by atoms with Crippen molar-refractivity contribution in [3.8, 4) is 5.75 Å². The van der Waals surface area contributed by atoms with E-state index in [9.17, 15) is 9.59 Å². The fourth-order valence-corrected chi connectivity index (χ4v) is 3.11. The molecule has 0 radical (unpaired) electrons. The number of esters is 1. The molecule has 0 aliphatic carbocycles. The van der Waals surface area contributed by atoms with Gasteiger partial charge in [-0.1, -0.05) is 18.2 Å². The van der Waals surface area contributed by atoms with E-state index in [0.29, 0.717) is 17.8 Å². The van der Waals surface area contributed by atoms with Crippen molar-refractivity contribution in [3.05, 3.63) is 58.7 Å². The van der Waals surface area contributed by atoms with Crippen LogP contribution >= 0.6 is 0 Å². The number of aryl methyl sites for hydroxylation is 2. The van der Waals surface area contributed by atoms with Crippen molar-refractivity contribution in [1.82, 2.24) is 4.90 Å². The van der Waals surface area contributed by atoms with E-state index in [1.807, 2.05) is 25.8 Å². The quantitative estimate of drug-likeness (QED) is 0.758. The molecule has 0 atom stereocenters. The normalized spacial score (nSPS) is 10.6. The number of nitrogens with one attached hydrogen (secondary N) is 1. The molecule has 1 amide bonds. The lowest BCUT2D eigenvalue weighted by molar-refractivity contribution is -0.117. The molecular formula is C21H26N2O4. The van der Waals surface area contributed by atoms with E-state index < -0.39 is 5.97 Å². The first kappa shape index (κ1) is 20.5. The standard InChI is InChI=1S/C21H26N2O4/c1-14-9-16(10-15(2)20(14)26-4)12-23(3)13-19(24)22-18-8-6-7-17(11-18)21(25)27-5/h6-11H,12-13H2,1-5H3,(H,22,24). The van der Waals surface area contributed by atoms with E-state index in [1.165, 1.54) is 7.11 Å². The largest absolute Gasteiger partial charge is 0.496 e. The molecule has 144 valence electrons. The van der Waals surface area contributed by atoms with Gasteiger partial charge in [0.05, 0.1) is 26.3 Å². The summed E-state index contributed by atoms with van der Waals surface area (Å²) in [6, 6.07) is 10.8. The second kappa shape index (κ2) is 9.19. The number of benzene rings is 2. The number of ether oxygens (including phenoxy) is 2. The fraction of sp³-hybridized carbons (Fsp3) is 0.333. The van der Waals surface area contributed by atoms with Crippen LogP contribution in [-0.2, 0) is 16.1 Å². The van der Waals surface area contributed by atoms with Gasteiger partial charge in [0, 0.05) is 12.2 Å². The minimum atomic E-state index is -0.437. The number of methoxy groups -OCH3 is 2. The zero-order chi connectivity index (χ0) is 20.0. The number of rotatable bonds is 7. The highest BCUT2D eigenvalue weighted by Crippen LogP contribution is 2.24. The SMILES string of the molecule is COC(=O)c1cccc(NC(=O)CN(C)Cc2cc(C)c(OC)c(C)c2)c1. The summed E-state index contributed by atoms with van der Waals surface area (Å²) in [4.78, 5) is 25.8. The topological polar surface area (TPSA) is 67.9 Å². The summed E-state index contributed by atoms with van der Waals surface area (Å²) in [7, 11) is 4.88. The second-order valence-corrected chi connectivity index (χ2v) is 6.56. The van der Waals surface area contributed by atoms with Crippen LogP contribution in [0.15, 0.2) is 36.4 Å². The van der Waals surface area contributed by atoms with Gasteiger partial charge in [0.15, 0.2) is 0 Å². The van der Waals surface area contributed by atoms with Crippen LogP contribution < -0.4 is 10.1 Å². The lowest BCUT2D eigenvalue weighted by Gasteiger charge is -2.18. The molecule has 27 heavy (non-hydrogen) atoms. The molecule has 0 heterocycles. The third kappa shape index (κ3) is 5.56. The minimum Gasteiger partial charge on any atom is -0.496 e. The first-order valence-electron chi connectivity index (χ1n) is 8.65. The molecule has 2 rings (SSSR count). The Labute approximate surface area is 160 Å². The predicted octanol–water partition coefficient (Wildman–Crippen LogP) is 3.17. The van der Waals surface area contributed by atoms with E-state index in [4.69, 9.17) is 9.47 Å². The lowest BCUT2D eigenvalue weighted by atomic mass is 10.1. The van der Waals surface area contributed by atoms with Gasteiger partial charge < -0.3 is 14.8 Å². The van der Waals surface area contributed by atoms with E-state index in [2.05, 4.69) is 17.4 Å². The smallest absolute Gasteiger partial charge is 0.337 e. The molecule has 0 aliphatic rings. The maximum absolute atomic E-state index is 12.3. The van der Waals surface area contributed by atoms with E-state index in [1.54, 1.807) is 31.4 Å². The van der Waals surface area contributed by atoms with Crippen molar-refractivity contribution < 1.29 is 19.1 Å². The molecule has 2 aromatic carbocycles. The first-order valence-corrected chi connectivity index (χ1v) is 8.65. The number of hydrogen-bond acceptors (Lipinski definition) is 5. The maximum atomic E-state index is 12.3. The summed E-state index contributed by atoms with van der Waals surface area (Å²) < 4.78 is 10.1. The first-order chi connectivity index (χ1) is 12.8. The Morgan fingerprint density at radius 1 is 1.07 bits per heavy atom. The van der Waals surface area contributed by atoms with Gasteiger partial charge in [0.1, 0.15) is 5.75 Å². The summed E-state index contributed by atoms with van der Waals surface area (Å²) in [6.45, 7) is 4.89. The van der Waals surface area contributed by atoms with E-state index >= 15 is 0 Å². The molecule has 6 heteroatoms. The highest BCUT2D eigenvalue weighted by molar-refractivity contribution is 5.95. The molecule has 6 nitrogen and oxygen atoms in total. The molecule has 0 bridgehead atoms. The number of carbonyl (C=O) groups excluding carboxylic acids is 2. The monoisotopic (exact) mass is 370 g/mol. The van der Waals surface area contributed by atoms with Crippen LogP contribution in [0.1, 0.15) is 27.0 Å². The predicted molar refractivity (Wildman–Crippen MR) is 105 cm³/mol. The van der Waals surface area contributed by atoms with Crippen LogP contribution in [0.3, 0.4) is 0 Å². The number of carbonyl (C=O) groups is 2. The third-order valence-corrected chi connectivity index (χ3v) is 4.16. The molecule has 0 saturated carbocycles. The van der Waals surface area contributed by atoms with Crippen LogP contribution in [0.4, 0.5) is 5.69 Å². The number of nitrogens with zero attached hydrogens (tertiary/aromatic N) is 1. The summed E-state index contributed by atoms with van der Waals surface area (Å²) in [5.41, 5.74) is 4.23. The molecule has 0 saturated heterocycles. The summed E-state index contributed by atoms with van der Waals surface area (Å²) in [5.74, 6) is 0.305. The fourth-order valence-electron chi connectivity index (χ4n) is 3.11. The Bertz CT molecular complexity index is 810. The van der Waals surface area contributed by atoms with Crippen molar-refractivity contribution in [2.24, 2.45) is 0 Å². The Kier molecular flexibility index (Phi) is 6.96. The average Bonchev–Trinajstić information content (AvgIpc) is 2.60. The summed E-state index contributed by atoms with van der Waals surface area (Å²) in [6.07, 6.45) is 0. The second-order valence-electron chi connectivity index (χ2n) is 6.56. The Morgan fingerprint density at radius 2 is 1.74 bits per heavy atom. The highest BCUT2D eigenvalue weighted by atomic mass is 16.5. The molecule has 0 fully saturated rings. The van der Waals surface area contributed by atoms with Crippen LogP contribution in [0.2, 0.25) is 0 Å². The lowest BCUT2D eigenvalue weighted by Crippen LogP contribution is -2.30. The van der Waals surface area contributed by atoms with Crippen LogP contribution in [-0.4, -0.2) is 44.6 Å². The molecule has 0 aromatic heterocycles. The molecule has 0 spiro atoms. The molecule has 1 N–H and O–H groups in total. The van der Waals surface area contributed by atoms with Crippen molar-refractivity contribution >= 4 is 17.6 Å². The van der Waals surface area contributed by atoms with Gasteiger partial charge in [-0.2, -0.15) is 0 Å². The van der Waals surface area contributed by atoms with Crippen molar-refractivity contribution in [1.29, 1.82) is 0 Å². The Balaban J connectivity index is 1.97. The molecule has 0 unspecified atom stereocenters. The summed E-state index contributed by atoms with van der Waals surface area (Å²) in [5, 5.41) is 2.81. The average molecular weight is 370 g/mol. The number of hydrogen-bond donors (Lipinski definition) is 1. The van der Waals surface area contributed by atoms with Crippen LogP contribution in [0, 0.1) is 13.8 Å². The van der Waals surface area contributed by atoms with E-state index in [0.717, 1.165) is 22.4 Å². The van der Waals surface area contributed by atoms with Gasteiger partial charge in [0.25, 0.3) is 0 Å². The minimum absolute atomic E-state index is 0.151. The van der Waals surface area contributed by atoms with Crippen molar-refractivity contribution in [3.63, 3.8) is 0 Å². The van der Waals surface area contributed by atoms with Gasteiger partial charge in [-0.05, 0) is 55.8 Å². The van der Waals surface area contributed by atoms with E-state index in [-0.39, 0.29) is 12.5 Å². The summed E-state index contributed by atoms with van der Waals surface area (Å²) >= 11 is 0. The number of amides is 1. The highest BCUT2D eigenvalue weighted by Gasteiger charge is 2.12. The Hall–Kier alpha value is -2.86. The van der Waals surface area contributed by atoms with Crippen LogP contribution in [0.5, 0.6) is 5.75 Å². The third-order valence-electron chi connectivity index (χ3n) is 4.16. The van der Waals surface area contributed by atoms with Gasteiger partial charge >= 0.3 is 5.97 Å². The number of likely N-dealkylation sites (N-methyl/N-ethyl adjacent to an activating group) is 1. The maximum Gasteiger partial charge on any atom is 0.337 e. The van der Waals surface area contributed by atoms with Crippen LogP contribution in [0.25, 0.3) is 0 Å². The van der Waals surface area contributed by atoms with Gasteiger partial charge in [-0.15, -0.1) is 0 Å². The van der Waals surface area contributed by atoms with Crippen molar-refractivity contribution in [2.45, 2.75) is 20.4 Å².